The van der Waals surface area contributed by atoms with Gasteiger partial charge in [0.2, 0.25) is 0 Å². The van der Waals surface area contributed by atoms with Gasteiger partial charge in [0.25, 0.3) is 0 Å². The molecule has 1 saturated heterocycles. The average Bonchev–Trinajstić information content (AvgIpc) is 2.22. The molecule has 1 aliphatic heterocycles. The Labute approximate surface area is 109 Å². The van der Waals surface area contributed by atoms with Gasteiger partial charge in [-0.3, -0.25) is 0 Å². The van der Waals surface area contributed by atoms with Crippen molar-refractivity contribution >= 4 is 22.5 Å². The van der Waals surface area contributed by atoms with Crippen molar-refractivity contribution in [3.8, 4) is 0 Å². The van der Waals surface area contributed by atoms with Gasteiger partial charge in [-0.25, -0.2) is 0 Å². The minimum Gasteiger partial charge on any atom is -0.719 e. The third-order valence-electron chi connectivity index (χ3n) is 1.58. The molecule has 0 spiro atoms. The van der Waals surface area contributed by atoms with Crippen LogP contribution in [-0.2, 0) is 40.6 Å². The number of hydrogen-bond donors (Lipinski definition) is 0. The van der Waals surface area contributed by atoms with Crippen LogP contribution in [0.5, 0.6) is 0 Å². The molecule has 0 aliphatic carbocycles. The largest absolute Gasteiger partial charge is 0.719 e. The van der Waals surface area contributed by atoms with Crippen molar-refractivity contribution in [1.82, 2.24) is 0 Å². The van der Waals surface area contributed by atoms with E-state index in [1.807, 2.05) is 0 Å². The zero-order chi connectivity index (χ0) is 9.78. The van der Waals surface area contributed by atoms with Crippen molar-refractivity contribution in [2.75, 3.05) is 32.2 Å². The van der Waals surface area contributed by atoms with Gasteiger partial charge in [-0.2, -0.15) is 0 Å². The Hall–Kier alpha value is 1.24. The fourth-order valence-electron chi connectivity index (χ4n) is 0.851. The summed E-state index contributed by atoms with van der Waals surface area (Å²) in [5.41, 5.74) is 0. The molecule has 1 heterocycles. The second-order valence-corrected chi connectivity index (χ2v) is 4.10. The van der Waals surface area contributed by atoms with Crippen LogP contribution in [0.2, 0.25) is 0 Å². The van der Waals surface area contributed by atoms with Crippen LogP contribution < -0.4 is 0 Å². The first-order valence-electron chi connectivity index (χ1n) is 4.82. The Balaban J connectivity index is 0. The molecule has 1 fully saturated rings. The zero-order valence-electron chi connectivity index (χ0n) is 9.00. The molecule has 0 N–H and O–H groups in total. The van der Waals surface area contributed by atoms with E-state index in [1.54, 1.807) is 0 Å². The first kappa shape index (κ1) is 17.6. The third-order valence-corrected chi connectivity index (χ3v) is 2.53. The minimum absolute atomic E-state index is 0. The summed E-state index contributed by atoms with van der Waals surface area (Å²) in [7, 11) is 1.52. The third kappa shape index (κ3) is 15.7. The summed E-state index contributed by atoms with van der Waals surface area (Å²) >= 11 is 4.68. The van der Waals surface area contributed by atoms with Gasteiger partial charge < -0.3 is 31.9 Å². The molecule has 0 amide bonds. The Bertz CT molecular complexity index is 77.4. The summed E-state index contributed by atoms with van der Waals surface area (Å²) in [6.45, 7) is 5.31. The molecule has 82 valence electrons. The molecule has 0 aromatic rings. The van der Waals surface area contributed by atoms with Crippen LogP contribution in [-0.4, -0.2) is 32.2 Å². The van der Waals surface area contributed by atoms with Gasteiger partial charge in [-0.15, -0.1) is 0 Å². The van der Waals surface area contributed by atoms with E-state index in [-0.39, 0.29) is 19.5 Å². The Morgan fingerprint density at radius 2 is 1.57 bits per heavy atom. The van der Waals surface area contributed by atoms with E-state index in [2.05, 4.69) is 18.6 Å². The molecule has 0 bridgehead atoms. The fraction of sp³-hybridized carbons (Fsp3) is 1.00. The second kappa shape index (κ2) is 16.7. The van der Waals surface area contributed by atoms with Crippen molar-refractivity contribution in [1.29, 1.82) is 0 Å². The molecule has 1 rings (SSSR count). The molecule has 0 saturated carbocycles. The molecule has 0 atom stereocenters. The maximum atomic E-state index is 4.94. The van der Waals surface area contributed by atoms with Crippen molar-refractivity contribution < 1.29 is 29.0 Å². The molecule has 0 radical (unpaired) electrons. The van der Waals surface area contributed by atoms with E-state index in [1.165, 1.54) is 30.1 Å². The Kier molecular flexibility index (Phi) is 21.0. The van der Waals surface area contributed by atoms with Crippen molar-refractivity contribution in [3.63, 3.8) is 0 Å². The number of rotatable bonds is 4. The number of hydrogen-bond acceptors (Lipinski definition) is 4. The molecule has 0 unspecified atom stereocenters. The summed E-state index contributed by atoms with van der Waals surface area (Å²) in [6, 6.07) is 0. The zero-order valence-corrected chi connectivity index (χ0v) is 13.6. The molecule has 14 heavy (non-hydrogen) atoms. The van der Waals surface area contributed by atoms with Crippen molar-refractivity contribution in [2.45, 2.75) is 26.2 Å². The van der Waals surface area contributed by atoms with Gasteiger partial charge in [0.05, 0.1) is 26.4 Å². The minimum atomic E-state index is 0. The summed E-state index contributed by atoms with van der Waals surface area (Å²) < 4.78 is 9.89. The van der Waals surface area contributed by atoms with Gasteiger partial charge in [0, 0.05) is 19.5 Å². The SMILES string of the molecule is C1COCCO1.CCCCCS[S-].[Zn]. The van der Waals surface area contributed by atoms with Crippen LogP contribution in [0.3, 0.4) is 0 Å². The standard InChI is InChI=1S/C5H12S2.C4H8O2.Zn/c1-2-3-4-5-7-6;1-2-6-4-3-5-1;/h6H,2-5H2,1H3;1-4H2;/p-1. The molecule has 0 aromatic carbocycles. The van der Waals surface area contributed by atoms with Gasteiger partial charge in [-0.1, -0.05) is 19.8 Å². The molecular formula is C9H19O2S2Zn-. The van der Waals surface area contributed by atoms with E-state index in [4.69, 9.17) is 9.47 Å². The van der Waals surface area contributed by atoms with Crippen LogP contribution in [0.15, 0.2) is 0 Å². The molecule has 0 aromatic heterocycles. The summed E-state index contributed by atoms with van der Waals surface area (Å²) in [5.74, 6) is 1.16. The van der Waals surface area contributed by atoms with Crippen molar-refractivity contribution in [3.05, 3.63) is 0 Å². The van der Waals surface area contributed by atoms with Gasteiger partial charge >= 0.3 is 0 Å². The molecule has 5 heteroatoms. The Morgan fingerprint density at radius 1 is 1.07 bits per heavy atom. The summed E-state index contributed by atoms with van der Waals surface area (Å²) in [5, 5.41) is 0. The van der Waals surface area contributed by atoms with Crippen LogP contribution >= 0.6 is 10.8 Å². The predicted molar refractivity (Wildman–Crippen MR) is 61.0 cm³/mol. The van der Waals surface area contributed by atoms with Gasteiger partial charge in [0.15, 0.2) is 0 Å². The normalized spacial score (nSPS) is 15.0. The monoisotopic (exact) mass is 287 g/mol. The van der Waals surface area contributed by atoms with Crippen molar-refractivity contribution in [2.24, 2.45) is 0 Å². The average molecular weight is 289 g/mol. The topological polar surface area (TPSA) is 18.5 Å². The maximum absolute atomic E-state index is 4.94. The van der Waals surface area contributed by atoms with Gasteiger partial charge in [-0.05, 0) is 12.2 Å². The van der Waals surface area contributed by atoms with Crippen LogP contribution in [0.4, 0.5) is 0 Å². The quantitative estimate of drug-likeness (QED) is 0.342. The fourth-order valence-corrected chi connectivity index (χ4v) is 1.53. The van der Waals surface area contributed by atoms with Crippen LogP contribution in [0.25, 0.3) is 0 Å². The molecule has 1 aliphatic rings. The van der Waals surface area contributed by atoms with Crippen LogP contribution in [0, 0.1) is 0 Å². The summed E-state index contributed by atoms with van der Waals surface area (Å²) in [4.78, 5) is 0. The second-order valence-electron chi connectivity index (χ2n) is 2.75. The Morgan fingerprint density at radius 3 is 1.86 bits per heavy atom. The first-order chi connectivity index (χ1) is 6.41. The molecule has 2 nitrogen and oxygen atoms in total. The van der Waals surface area contributed by atoms with E-state index >= 15 is 0 Å². The van der Waals surface area contributed by atoms with Gasteiger partial charge in [0.1, 0.15) is 0 Å². The first-order valence-corrected chi connectivity index (χ1v) is 6.73. The van der Waals surface area contributed by atoms with E-state index in [0.29, 0.717) is 0 Å². The molecular weight excluding hydrogens is 270 g/mol. The maximum Gasteiger partial charge on any atom is 0.0701 e. The van der Waals surface area contributed by atoms with Crippen LogP contribution in [0.1, 0.15) is 26.2 Å². The smallest absolute Gasteiger partial charge is 0.0701 e. The predicted octanol–water partition coefficient (Wildman–Crippen LogP) is 2.40. The van der Waals surface area contributed by atoms with E-state index < -0.39 is 0 Å². The van der Waals surface area contributed by atoms with E-state index in [0.717, 1.165) is 32.2 Å². The van der Waals surface area contributed by atoms with E-state index in [9.17, 15) is 0 Å². The summed E-state index contributed by atoms with van der Waals surface area (Å²) in [6.07, 6.45) is 3.93. The number of ether oxygens (including phenoxy) is 2. The number of unbranched alkanes of at least 4 members (excludes halogenated alkanes) is 2.